The summed E-state index contributed by atoms with van der Waals surface area (Å²) in [6, 6.07) is 1.32. The Kier molecular flexibility index (Phi) is 4.11. The van der Waals surface area contributed by atoms with E-state index >= 15 is 0 Å². The highest BCUT2D eigenvalue weighted by atomic mass is 19.1. The van der Waals surface area contributed by atoms with E-state index in [1.54, 1.807) is 18.7 Å². The van der Waals surface area contributed by atoms with Gasteiger partial charge in [-0.15, -0.1) is 0 Å². The zero-order valence-electron chi connectivity index (χ0n) is 12.3. The summed E-state index contributed by atoms with van der Waals surface area (Å²) in [5.74, 6) is -0.670. The number of nitrogens with zero attached hydrogens (tertiary/aromatic N) is 4. The number of nitrogens with one attached hydrogen (secondary N) is 1. The van der Waals surface area contributed by atoms with E-state index in [0.717, 1.165) is 6.20 Å². The fourth-order valence-electron chi connectivity index (χ4n) is 1.82. The van der Waals surface area contributed by atoms with Crippen molar-refractivity contribution in [3.8, 4) is 0 Å². The van der Waals surface area contributed by atoms with Crippen LogP contribution in [0.4, 0.5) is 16.0 Å². The summed E-state index contributed by atoms with van der Waals surface area (Å²) >= 11 is 0. The molecule has 0 bridgehead atoms. The molecule has 6 nitrogen and oxygen atoms in total. The first-order valence-electron chi connectivity index (χ1n) is 6.33. The van der Waals surface area contributed by atoms with Gasteiger partial charge in [0.1, 0.15) is 0 Å². The standard InChI is InChI=1S/C14H16FN5O/c1-8-12(9(2)18-14(17-8)20(3)4)19-13(21)10-5-6-16-7-11(10)15/h5-7H,1-4H3,(H,19,21). The highest BCUT2D eigenvalue weighted by Crippen LogP contribution is 2.20. The zero-order chi connectivity index (χ0) is 15.6. The first kappa shape index (κ1) is 14.8. The van der Waals surface area contributed by atoms with Gasteiger partial charge >= 0.3 is 0 Å². The molecule has 0 aliphatic rings. The second kappa shape index (κ2) is 5.82. The summed E-state index contributed by atoms with van der Waals surface area (Å²) in [6.45, 7) is 3.53. The maximum absolute atomic E-state index is 13.6. The summed E-state index contributed by atoms with van der Waals surface area (Å²) in [5, 5.41) is 2.65. The van der Waals surface area contributed by atoms with Crippen molar-refractivity contribution in [3.05, 3.63) is 41.2 Å². The van der Waals surface area contributed by atoms with Gasteiger partial charge in [0.05, 0.1) is 28.8 Å². The third-order valence-corrected chi connectivity index (χ3v) is 2.91. The molecule has 2 rings (SSSR count). The van der Waals surface area contributed by atoms with Gasteiger partial charge in [-0.1, -0.05) is 0 Å². The number of pyridine rings is 1. The average molecular weight is 289 g/mol. The number of carbonyl (C=O) groups excluding carboxylic acids is 1. The van der Waals surface area contributed by atoms with Gasteiger partial charge in [0, 0.05) is 20.3 Å². The summed E-state index contributed by atoms with van der Waals surface area (Å²) in [5.41, 5.74) is 1.66. The van der Waals surface area contributed by atoms with E-state index in [9.17, 15) is 9.18 Å². The van der Waals surface area contributed by atoms with Gasteiger partial charge in [-0.25, -0.2) is 14.4 Å². The minimum Gasteiger partial charge on any atom is -0.347 e. The Hall–Kier alpha value is -2.57. The molecular weight excluding hydrogens is 273 g/mol. The lowest BCUT2D eigenvalue weighted by molar-refractivity contribution is 0.102. The largest absolute Gasteiger partial charge is 0.347 e. The minimum absolute atomic E-state index is 0.0690. The third kappa shape index (κ3) is 3.13. The van der Waals surface area contributed by atoms with Crippen LogP contribution in [0, 0.1) is 19.7 Å². The predicted molar refractivity (Wildman–Crippen MR) is 78.0 cm³/mol. The van der Waals surface area contributed by atoms with Gasteiger partial charge in [-0.05, 0) is 19.9 Å². The van der Waals surface area contributed by atoms with E-state index in [2.05, 4.69) is 20.3 Å². The average Bonchev–Trinajstić information content (AvgIpc) is 2.42. The lowest BCUT2D eigenvalue weighted by atomic mass is 10.2. The normalized spacial score (nSPS) is 10.3. The molecule has 110 valence electrons. The number of halogens is 1. The van der Waals surface area contributed by atoms with Crippen molar-refractivity contribution in [2.24, 2.45) is 0 Å². The van der Waals surface area contributed by atoms with Crippen molar-refractivity contribution >= 4 is 17.5 Å². The van der Waals surface area contributed by atoms with Crippen molar-refractivity contribution in [2.45, 2.75) is 13.8 Å². The molecule has 0 fully saturated rings. The number of hydrogen-bond donors (Lipinski definition) is 1. The quantitative estimate of drug-likeness (QED) is 0.935. The van der Waals surface area contributed by atoms with Crippen molar-refractivity contribution in [2.75, 3.05) is 24.3 Å². The Labute approximate surface area is 122 Å². The van der Waals surface area contributed by atoms with Crippen molar-refractivity contribution in [1.82, 2.24) is 15.0 Å². The number of hydrogen-bond acceptors (Lipinski definition) is 5. The maximum Gasteiger partial charge on any atom is 0.258 e. The molecule has 0 aromatic carbocycles. The molecule has 0 saturated carbocycles. The number of amides is 1. The van der Waals surface area contributed by atoms with Crippen LogP contribution >= 0.6 is 0 Å². The Morgan fingerprint density at radius 2 is 1.86 bits per heavy atom. The number of rotatable bonds is 3. The molecule has 1 amide bonds. The van der Waals surface area contributed by atoms with E-state index in [1.807, 2.05) is 14.1 Å². The van der Waals surface area contributed by atoms with Gasteiger partial charge in [-0.3, -0.25) is 9.78 Å². The van der Waals surface area contributed by atoms with E-state index in [4.69, 9.17) is 0 Å². The number of carbonyl (C=O) groups is 1. The van der Waals surface area contributed by atoms with Crippen LogP contribution in [-0.4, -0.2) is 35.0 Å². The fourth-order valence-corrected chi connectivity index (χ4v) is 1.82. The molecule has 0 spiro atoms. The van der Waals surface area contributed by atoms with Crippen LogP contribution in [0.3, 0.4) is 0 Å². The Balaban J connectivity index is 2.32. The van der Waals surface area contributed by atoms with Crippen molar-refractivity contribution in [1.29, 1.82) is 0 Å². The topological polar surface area (TPSA) is 71.0 Å². The molecule has 2 heterocycles. The lowest BCUT2D eigenvalue weighted by Crippen LogP contribution is -2.19. The molecule has 0 aliphatic heterocycles. The van der Waals surface area contributed by atoms with Crippen molar-refractivity contribution in [3.63, 3.8) is 0 Å². The highest BCUT2D eigenvalue weighted by Gasteiger charge is 2.16. The van der Waals surface area contributed by atoms with Gasteiger partial charge in [0.25, 0.3) is 5.91 Å². The third-order valence-electron chi connectivity index (χ3n) is 2.91. The van der Waals surface area contributed by atoms with Crippen LogP contribution in [0.25, 0.3) is 0 Å². The van der Waals surface area contributed by atoms with Gasteiger partial charge in [-0.2, -0.15) is 0 Å². The van der Waals surface area contributed by atoms with Gasteiger partial charge in [0.15, 0.2) is 5.82 Å². The monoisotopic (exact) mass is 289 g/mol. The molecule has 7 heteroatoms. The van der Waals surface area contributed by atoms with E-state index in [0.29, 0.717) is 23.0 Å². The van der Waals surface area contributed by atoms with Gasteiger partial charge in [0.2, 0.25) is 5.95 Å². The van der Waals surface area contributed by atoms with Gasteiger partial charge < -0.3 is 10.2 Å². The Bertz CT molecular complexity index is 664. The van der Waals surface area contributed by atoms with Crippen LogP contribution < -0.4 is 10.2 Å². The molecule has 0 aliphatic carbocycles. The van der Waals surface area contributed by atoms with E-state index in [-0.39, 0.29) is 5.56 Å². The van der Waals surface area contributed by atoms with Crippen LogP contribution in [0.1, 0.15) is 21.7 Å². The second-order valence-electron chi connectivity index (χ2n) is 4.77. The Morgan fingerprint density at radius 3 is 2.38 bits per heavy atom. The molecule has 0 unspecified atom stereocenters. The first-order valence-corrected chi connectivity index (χ1v) is 6.33. The maximum atomic E-state index is 13.6. The molecule has 1 N–H and O–H groups in total. The number of aryl methyl sites for hydroxylation is 2. The summed E-state index contributed by atoms with van der Waals surface area (Å²) in [6.07, 6.45) is 2.36. The minimum atomic E-state index is -0.670. The zero-order valence-corrected chi connectivity index (χ0v) is 12.3. The smallest absolute Gasteiger partial charge is 0.258 e. The molecular formula is C14H16FN5O. The molecule has 0 radical (unpaired) electrons. The number of aromatic nitrogens is 3. The van der Waals surface area contributed by atoms with Crippen LogP contribution in [0.2, 0.25) is 0 Å². The first-order chi connectivity index (χ1) is 9.90. The van der Waals surface area contributed by atoms with E-state index < -0.39 is 11.7 Å². The summed E-state index contributed by atoms with van der Waals surface area (Å²) < 4.78 is 13.6. The second-order valence-corrected chi connectivity index (χ2v) is 4.77. The predicted octanol–water partition coefficient (Wildman–Crippen LogP) is 1.95. The summed E-state index contributed by atoms with van der Waals surface area (Å²) in [7, 11) is 3.66. The summed E-state index contributed by atoms with van der Waals surface area (Å²) in [4.78, 5) is 26.1. The molecule has 2 aromatic heterocycles. The molecule has 21 heavy (non-hydrogen) atoms. The molecule has 2 aromatic rings. The van der Waals surface area contributed by atoms with Crippen LogP contribution in [0.15, 0.2) is 18.5 Å². The fraction of sp³-hybridized carbons (Fsp3) is 0.286. The van der Waals surface area contributed by atoms with Crippen LogP contribution in [0.5, 0.6) is 0 Å². The lowest BCUT2D eigenvalue weighted by Gasteiger charge is -2.15. The highest BCUT2D eigenvalue weighted by molar-refractivity contribution is 6.04. The van der Waals surface area contributed by atoms with Crippen LogP contribution in [-0.2, 0) is 0 Å². The SMILES string of the molecule is Cc1nc(N(C)C)nc(C)c1NC(=O)c1ccncc1F. The molecule has 0 atom stereocenters. The van der Waals surface area contributed by atoms with Crippen molar-refractivity contribution < 1.29 is 9.18 Å². The van der Waals surface area contributed by atoms with E-state index in [1.165, 1.54) is 12.3 Å². The number of anilines is 2. The molecule has 0 saturated heterocycles. The Morgan fingerprint density at radius 1 is 1.24 bits per heavy atom.